The molecule has 0 bridgehead atoms. The molecule has 3 rings (SSSR count). The third-order valence-electron chi connectivity index (χ3n) is 4.11. The van der Waals surface area contributed by atoms with Crippen LogP contribution >= 0.6 is 0 Å². The van der Waals surface area contributed by atoms with Crippen molar-refractivity contribution < 1.29 is 5.11 Å². The Balaban J connectivity index is 2.20. The Hall–Kier alpha value is -1.32. The highest BCUT2D eigenvalue weighted by Crippen LogP contribution is 2.45. The summed E-state index contributed by atoms with van der Waals surface area (Å²) in [7, 11) is 2.06. The number of benzene rings is 1. The Morgan fingerprint density at radius 1 is 1.41 bits per heavy atom. The molecule has 0 radical (unpaired) electrons. The van der Waals surface area contributed by atoms with Crippen molar-refractivity contribution in [1.82, 2.24) is 4.57 Å². The lowest BCUT2D eigenvalue weighted by atomic mass is 9.62. The van der Waals surface area contributed by atoms with Crippen LogP contribution < -0.4 is 5.73 Å². The van der Waals surface area contributed by atoms with Crippen LogP contribution in [0.3, 0.4) is 0 Å². The normalized spacial score (nSPS) is 28.3. The largest absolute Gasteiger partial charge is 0.393 e. The van der Waals surface area contributed by atoms with Gasteiger partial charge >= 0.3 is 0 Å². The van der Waals surface area contributed by atoms with Gasteiger partial charge in [0.2, 0.25) is 0 Å². The third-order valence-corrected chi connectivity index (χ3v) is 4.11. The Bertz CT molecular complexity index is 552. The van der Waals surface area contributed by atoms with E-state index >= 15 is 0 Å². The summed E-state index contributed by atoms with van der Waals surface area (Å²) in [5.41, 5.74) is 8.47. The van der Waals surface area contributed by atoms with Gasteiger partial charge in [0.05, 0.1) is 11.6 Å². The lowest BCUT2D eigenvalue weighted by Gasteiger charge is -2.45. The molecule has 1 fully saturated rings. The van der Waals surface area contributed by atoms with Crippen LogP contribution in [0.1, 0.15) is 18.4 Å². The van der Waals surface area contributed by atoms with Crippen LogP contribution in [0.2, 0.25) is 0 Å². The second kappa shape index (κ2) is 3.59. The first-order valence-electron chi connectivity index (χ1n) is 6.09. The van der Waals surface area contributed by atoms with Gasteiger partial charge in [0.1, 0.15) is 0 Å². The number of aromatic nitrogens is 1. The zero-order valence-corrected chi connectivity index (χ0v) is 10.1. The Morgan fingerprint density at radius 3 is 2.82 bits per heavy atom. The van der Waals surface area contributed by atoms with Crippen molar-refractivity contribution in [2.24, 2.45) is 12.8 Å². The summed E-state index contributed by atoms with van der Waals surface area (Å²) in [6.07, 6.45) is 3.46. The molecule has 3 heteroatoms. The third kappa shape index (κ3) is 1.43. The summed E-state index contributed by atoms with van der Waals surface area (Å²) in [5, 5.41) is 10.9. The fourth-order valence-electron chi connectivity index (χ4n) is 3.12. The molecule has 0 saturated heterocycles. The van der Waals surface area contributed by atoms with Gasteiger partial charge < -0.3 is 15.4 Å². The van der Waals surface area contributed by atoms with Crippen LogP contribution in [0.25, 0.3) is 10.9 Å². The minimum absolute atomic E-state index is 0.0228. The minimum atomic E-state index is -0.186. The lowest BCUT2D eigenvalue weighted by molar-refractivity contribution is 0.0227. The molecule has 3 nitrogen and oxygen atoms in total. The number of aliphatic hydroxyl groups excluding tert-OH is 1. The van der Waals surface area contributed by atoms with Crippen molar-refractivity contribution in [2.75, 3.05) is 6.54 Å². The molecule has 1 saturated carbocycles. The van der Waals surface area contributed by atoms with Gasteiger partial charge in [-0.25, -0.2) is 0 Å². The first-order valence-corrected chi connectivity index (χ1v) is 6.09. The molecule has 17 heavy (non-hydrogen) atoms. The van der Waals surface area contributed by atoms with Crippen molar-refractivity contribution in [1.29, 1.82) is 0 Å². The van der Waals surface area contributed by atoms with Gasteiger partial charge in [-0.05, 0) is 29.9 Å². The van der Waals surface area contributed by atoms with E-state index in [0.717, 1.165) is 12.8 Å². The minimum Gasteiger partial charge on any atom is -0.393 e. The van der Waals surface area contributed by atoms with E-state index in [9.17, 15) is 5.11 Å². The summed E-state index contributed by atoms with van der Waals surface area (Å²) < 4.78 is 2.15. The Kier molecular flexibility index (Phi) is 2.28. The standard InChI is InChI=1S/C14H18N2O/c1-16-6-5-10-3-2-4-12(13(10)16)14(9-15)7-11(17)8-14/h2-6,11,17H,7-9,15H2,1H3. The number of nitrogens with zero attached hydrogens (tertiary/aromatic N) is 1. The Labute approximate surface area is 101 Å². The molecule has 90 valence electrons. The first kappa shape index (κ1) is 10.8. The molecule has 2 aromatic rings. The van der Waals surface area contributed by atoms with Crippen LogP contribution in [0.5, 0.6) is 0 Å². The van der Waals surface area contributed by atoms with Gasteiger partial charge in [0, 0.05) is 25.2 Å². The second-order valence-corrected chi connectivity index (χ2v) is 5.22. The number of hydrogen-bond donors (Lipinski definition) is 2. The van der Waals surface area contributed by atoms with Crippen molar-refractivity contribution in [3.63, 3.8) is 0 Å². The van der Waals surface area contributed by atoms with E-state index in [0.29, 0.717) is 6.54 Å². The summed E-state index contributed by atoms with van der Waals surface area (Å²) in [6, 6.07) is 8.48. The molecule has 1 heterocycles. The molecule has 1 aliphatic rings. The zero-order chi connectivity index (χ0) is 12.0. The van der Waals surface area contributed by atoms with E-state index in [1.54, 1.807) is 0 Å². The molecular weight excluding hydrogens is 212 g/mol. The van der Waals surface area contributed by atoms with E-state index < -0.39 is 0 Å². The van der Waals surface area contributed by atoms with Gasteiger partial charge in [-0.1, -0.05) is 18.2 Å². The quantitative estimate of drug-likeness (QED) is 0.822. The number of nitrogens with two attached hydrogens (primary N) is 1. The maximum absolute atomic E-state index is 9.61. The van der Waals surface area contributed by atoms with Crippen molar-refractivity contribution >= 4 is 10.9 Å². The highest BCUT2D eigenvalue weighted by atomic mass is 16.3. The highest BCUT2D eigenvalue weighted by molar-refractivity contribution is 5.84. The summed E-state index contributed by atoms with van der Waals surface area (Å²) in [5.74, 6) is 0. The molecule has 1 aromatic carbocycles. The molecule has 1 aromatic heterocycles. The Morgan fingerprint density at radius 2 is 2.18 bits per heavy atom. The summed E-state index contributed by atoms with van der Waals surface area (Å²) in [6.45, 7) is 0.606. The summed E-state index contributed by atoms with van der Waals surface area (Å²) in [4.78, 5) is 0. The number of rotatable bonds is 2. The molecule has 0 atom stereocenters. The molecule has 0 unspecified atom stereocenters. The number of hydrogen-bond acceptors (Lipinski definition) is 2. The smallest absolute Gasteiger partial charge is 0.0558 e. The van der Waals surface area contributed by atoms with E-state index in [2.05, 4.69) is 42.1 Å². The van der Waals surface area contributed by atoms with Crippen LogP contribution in [0, 0.1) is 0 Å². The van der Waals surface area contributed by atoms with Crippen molar-refractivity contribution in [3.05, 3.63) is 36.0 Å². The van der Waals surface area contributed by atoms with E-state index in [-0.39, 0.29) is 11.5 Å². The fraction of sp³-hybridized carbons (Fsp3) is 0.429. The van der Waals surface area contributed by atoms with Gasteiger partial charge in [-0.3, -0.25) is 0 Å². The number of fused-ring (bicyclic) bond motifs is 1. The van der Waals surface area contributed by atoms with Crippen molar-refractivity contribution in [2.45, 2.75) is 24.4 Å². The first-order chi connectivity index (χ1) is 8.16. The van der Waals surface area contributed by atoms with Gasteiger partial charge in [0.25, 0.3) is 0 Å². The highest BCUT2D eigenvalue weighted by Gasteiger charge is 2.44. The maximum Gasteiger partial charge on any atom is 0.0558 e. The van der Waals surface area contributed by atoms with Crippen molar-refractivity contribution in [3.8, 4) is 0 Å². The van der Waals surface area contributed by atoms with E-state index in [4.69, 9.17) is 5.73 Å². The van der Waals surface area contributed by atoms with Gasteiger partial charge in [0.15, 0.2) is 0 Å². The van der Waals surface area contributed by atoms with Crippen LogP contribution in [0.15, 0.2) is 30.5 Å². The zero-order valence-electron chi connectivity index (χ0n) is 10.1. The van der Waals surface area contributed by atoms with E-state index in [1.807, 2.05) is 0 Å². The topological polar surface area (TPSA) is 51.2 Å². The van der Waals surface area contributed by atoms with Crippen LogP contribution in [-0.2, 0) is 12.5 Å². The fourth-order valence-corrected chi connectivity index (χ4v) is 3.12. The second-order valence-electron chi connectivity index (χ2n) is 5.22. The molecule has 0 spiro atoms. The predicted octanol–water partition coefficient (Wildman–Crippen LogP) is 1.53. The summed E-state index contributed by atoms with van der Waals surface area (Å²) >= 11 is 0. The van der Waals surface area contributed by atoms with Crippen LogP contribution in [-0.4, -0.2) is 22.3 Å². The maximum atomic E-state index is 9.61. The van der Waals surface area contributed by atoms with E-state index in [1.165, 1.54) is 16.5 Å². The molecule has 3 N–H and O–H groups in total. The van der Waals surface area contributed by atoms with Gasteiger partial charge in [-0.2, -0.15) is 0 Å². The predicted molar refractivity (Wildman–Crippen MR) is 68.9 cm³/mol. The molecule has 0 aliphatic heterocycles. The average Bonchev–Trinajstić information content (AvgIpc) is 2.67. The lowest BCUT2D eigenvalue weighted by Crippen LogP contribution is -2.50. The number of aliphatic hydroxyl groups is 1. The monoisotopic (exact) mass is 230 g/mol. The van der Waals surface area contributed by atoms with Gasteiger partial charge in [-0.15, -0.1) is 0 Å². The molecule has 1 aliphatic carbocycles. The SMILES string of the molecule is Cn1ccc2cccc(C3(CN)CC(O)C3)c21. The van der Waals surface area contributed by atoms with Crippen LogP contribution in [0.4, 0.5) is 0 Å². The average molecular weight is 230 g/mol. The molecular formula is C14H18N2O. The number of aryl methyl sites for hydroxylation is 1. The number of para-hydroxylation sites is 1. The molecule has 0 amide bonds.